The Labute approximate surface area is 136 Å². The highest BCUT2D eigenvalue weighted by atomic mass is 16.2. The zero-order valence-electron chi connectivity index (χ0n) is 13.4. The molecule has 4 nitrogen and oxygen atoms in total. The molecule has 1 amide bonds. The molecule has 4 heteroatoms. The van der Waals surface area contributed by atoms with Crippen LogP contribution in [-0.2, 0) is 0 Å². The van der Waals surface area contributed by atoms with Gasteiger partial charge < -0.3 is 10.2 Å². The number of amides is 1. The van der Waals surface area contributed by atoms with Crippen LogP contribution in [0.25, 0.3) is 10.9 Å². The number of carbonyl (C=O) groups excluding carboxylic acids is 1. The van der Waals surface area contributed by atoms with E-state index >= 15 is 0 Å². The maximum Gasteiger partial charge on any atom is 0.272 e. The number of carbonyl (C=O) groups is 1. The first kappa shape index (κ1) is 14.6. The maximum absolute atomic E-state index is 12.7. The first-order valence-electron chi connectivity index (χ1n) is 8.70. The molecule has 2 aliphatic heterocycles. The van der Waals surface area contributed by atoms with Gasteiger partial charge in [0.15, 0.2) is 0 Å². The van der Waals surface area contributed by atoms with Gasteiger partial charge in [-0.3, -0.25) is 4.79 Å². The third kappa shape index (κ3) is 2.95. The van der Waals surface area contributed by atoms with Crippen LogP contribution in [0, 0.1) is 5.92 Å². The van der Waals surface area contributed by atoms with Crippen molar-refractivity contribution in [1.82, 2.24) is 15.2 Å². The van der Waals surface area contributed by atoms with Crippen LogP contribution < -0.4 is 5.32 Å². The second-order valence-electron chi connectivity index (χ2n) is 6.72. The van der Waals surface area contributed by atoms with Crippen molar-refractivity contribution in [2.75, 3.05) is 19.6 Å². The summed E-state index contributed by atoms with van der Waals surface area (Å²) >= 11 is 0. The highest BCUT2D eigenvalue weighted by Crippen LogP contribution is 2.26. The lowest BCUT2D eigenvalue weighted by Gasteiger charge is -2.34. The van der Waals surface area contributed by atoms with E-state index in [-0.39, 0.29) is 5.91 Å². The van der Waals surface area contributed by atoms with Gasteiger partial charge in [-0.25, -0.2) is 4.98 Å². The molecule has 0 saturated carbocycles. The smallest absolute Gasteiger partial charge is 0.272 e. The second-order valence-corrected chi connectivity index (χ2v) is 6.72. The number of nitrogens with zero attached hydrogens (tertiary/aromatic N) is 2. The highest BCUT2D eigenvalue weighted by Gasteiger charge is 2.30. The minimum absolute atomic E-state index is 0.0774. The van der Waals surface area contributed by atoms with Gasteiger partial charge in [0.05, 0.1) is 5.52 Å². The number of nitrogens with one attached hydrogen (secondary N) is 1. The number of piperidine rings is 1. The Morgan fingerprint density at radius 1 is 1.09 bits per heavy atom. The number of pyridine rings is 1. The number of benzene rings is 1. The van der Waals surface area contributed by atoms with Gasteiger partial charge in [0.2, 0.25) is 0 Å². The van der Waals surface area contributed by atoms with Gasteiger partial charge in [-0.15, -0.1) is 0 Å². The molecule has 0 radical (unpaired) electrons. The van der Waals surface area contributed by atoms with Gasteiger partial charge >= 0.3 is 0 Å². The van der Waals surface area contributed by atoms with Crippen LogP contribution in [0.5, 0.6) is 0 Å². The topological polar surface area (TPSA) is 45.2 Å². The fourth-order valence-electron chi connectivity index (χ4n) is 3.97. The zero-order valence-corrected chi connectivity index (χ0v) is 13.4. The van der Waals surface area contributed by atoms with Crippen molar-refractivity contribution >= 4 is 16.8 Å². The Morgan fingerprint density at radius 3 is 2.70 bits per heavy atom. The van der Waals surface area contributed by atoms with Crippen LogP contribution in [0.3, 0.4) is 0 Å². The average molecular weight is 309 g/mol. The summed E-state index contributed by atoms with van der Waals surface area (Å²) in [6, 6.07) is 12.5. The Kier molecular flexibility index (Phi) is 4.00. The molecule has 0 spiro atoms. The van der Waals surface area contributed by atoms with Crippen LogP contribution >= 0.6 is 0 Å². The van der Waals surface area contributed by atoms with Crippen molar-refractivity contribution in [3.8, 4) is 0 Å². The molecular formula is C19H23N3O. The number of para-hydroxylation sites is 1. The molecule has 23 heavy (non-hydrogen) atoms. The van der Waals surface area contributed by atoms with E-state index in [2.05, 4.69) is 10.3 Å². The fourth-order valence-corrected chi connectivity index (χ4v) is 3.97. The number of fused-ring (bicyclic) bond motifs is 1. The van der Waals surface area contributed by atoms with Crippen molar-refractivity contribution in [2.24, 2.45) is 5.92 Å². The Morgan fingerprint density at radius 2 is 1.91 bits per heavy atom. The molecule has 3 heterocycles. The summed E-state index contributed by atoms with van der Waals surface area (Å²) in [5.41, 5.74) is 1.46. The van der Waals surface area contributed by atoms with E-state index in [0.717, 1.165) is 49.3 Å². The van der Waals surface area contributed by atoms with E-state index in [9.17, 15) is 4.79 Å². The first-order valence-corrected chi connectivity index (χ1v) is 8.70. The third-order valence-electron chi connectivity index (χ3n) is 5.31. The molecule has 1 N–H and O–H groups in total. The number of hydrogen-bond donors (Lipinski definition) is 1. The third-order valence-corrected chi connectivity index (χ3v) is 5.31. The minimum atomic E-state index is 0.0774. The zero-order chi connectivity index (χ0) is 15.6. The highest BCUT2D eigenvalue weighted by molar-refractivity contribution is 5.94. The van der Waals surface area contributed by atoms with Crippen LogP contribution in [0.4, 0.5) is 0 Å². The van der Waals surface area contributed by atoms with Crippen molar-refractivity contribution in [1.29, 1.82) is 0 Å². The molecule has 0 bridgehead atoms. The quantitative estimate of drug-likeness (QED) is 0.928. The molecule has 1 aromatic heterocycles. The van der Waals surface area contributed by atoms with Crippen molar-refractivity contribution < 1.29 is 4.79 Å². The number of likely N-dealkylation sites (tertiary alicyclic amines) is 1. The van der Waals surface area contributed by atoms with Crippen molar-refractivity contribution in [3.63, 3.8) is 0 Å². The fraction of sp³-hybridized carbons (Fsp3) is 0.474. The Hall–Kier alpha value is -1.94. The summed E-state index contributed by atoms with van der Waals surface area (Å²) in [5, 5.41) is 4.69. The van der Waals surface area contributed by atoms with Crippen LogP contribution in [0.15, 0.2) is 36.4 Å². The number of rotatable bonds is 2. The van der Waals surface area contributed by atoms with Gasteiger partial charge in [0.25, 0.3) is 5.91 Å². The number of aromatic nitrogens is 1. The lowest BCUT2D eigenvalue weighted by atomic mass is 9.88. The van der Waals surface area contributed by atoms with E-state index in [1.165, 1.54) is 12.8 Å². The summed E-state index contributed by atoms with van der Waals surface area (Å²) in [6.45, 7) is 2.87. The lowest BCUT2D eigenvalue weighted by molar-refractivity contribution is 0.0669. The molecule has 1 aromatic carbocycles. The molecule has 4 rings (SSSR count). The molecule has 1 atom stereocenters. The molecule has 0 aliphatic carbocycles. The normalized spacial score (nSPS) is 22.6. The predicted molar refractivity (Wildman–Crippen MR) is 91.4 cm³/mol. The summed E-state index contributed by atoms with van der Waals surface area (Å²) in [4.78, 5) is 19.2. The number of hydrogen-bond acceptors (Lipinski definition) is 3. The van der Waals surface area contributed by atoms with Gasteiger partial charge in [-0.1, -0.05) is 24.3 Å². The van der Waals surface area contributed by atoms with E-state index < -0.39 is 0 Å². The summed E-state index contributed by atoms with van der Waals surface area (Å²) in [5.74, 6) is 0.805. The minimum Gasteiger partial charge on any atom is -0.337 e. The SMILES string of the molecule is O=C(c1ccc2ccccc2n1)N1CCC(C2CCCN2)CC1. The van der Waals surface area contributed by atoms with Gasteiger partial charge in [0.1, 0.15) is 5.69 Å². The summed E-state index contributed by atoms with van der Waals surface area (Å²) in [7, 11) is 0. The largest absolute Gasteiger partial charge is 0.337 e. The van der Waals surface area contributed by atoms with Gasteiger partial charge in [0, 0.05) is 24.5 Å². The molecule has 1 unspecified atom stereocenters. The second kappa shape index (κ2) is 6.28. The standard InChI is InChI=1S/C19H23N3O/c23-19(18-8-7-14-4-1-2-5-17(14)21-18)22-12-9-15(10-13-22)16-6-3-11-20-16/h1-2,4-5,7-8,15-16,20H,3,6,9-13H2. The van der Waals surface area contributed by atoms with Crippen LogP contribution in [0.2, 0.25) is 0 Å². The van der Waals surface area contributed by atoms with Crippen molar-refractivity contribution in [2.45, 2.75) is 31.7 Å². The van der Waals surface area contributed by atoms with Gasteiger partial charge in [-0.05, 0) is 50.3 Å². The molecule has 2 aromatic rings. The van der Waals surface area contributed by atoms with Gasteiger partial charge in [-0.2, -0.15) is 0 Å². The van der Waals surface area contributed by atoms with Crippen LogP contribution in [-0.4, -0.2) is 41.5 Å². The Bertz CT molecular complexity index is 701. The molecule has 2 aliphatic rings. The molecule has 2 fully saturated rings. The predicted octanol–water partition coefficient (Wildman–Crippen LogP) is 2.84. The van der Waals surface area contributed by atoms with Crippen LogP contribution in [0.1, 0.15) is 36.2 Å². The molecule has 120 valence electrons. The van der Waals surface area contributed by atoms with E-state index in [1.807, 2.05) is 41.3 Å². The monoisotopic (exact) mass is 309 g/mol. The van der Waals surface area contributed by atoms with Crippen molar-refractivity contribution in [3.05, 3.63) is 42.1 Å². The maximum atomic E-state index is 12.7. The molecular weight excluding hydrogens is 286 g/mol. The Balaban J connectivity index is 1.44. The van der Waals surface area contributed by atoms with E-state index in [4.69, 9.17) is 0 Å². The molecule has 2 saturated heterocycles. The summed E-state index contributed by atoms with van der Waals surface area (Å²) in [6.07, 6.45) is 4.81. The first-order chi connectivity index (χ1) is 11.3. The lowest BCUT2D eigenvalue weighted by Crippen LogP contribution is -2.43. The van der Waals surface area contributed by atoms with E-state index in [0.29, 0.717) is 11.7 Å². The van der Waals surface area contributed by atoms with E-state index in [1.54, 1.807) is 0 Å². The summed E-state index contributed by atoms with van der Waals surface area (Å²) < 4.78 is 0. The average Bonchev–Trinajstić information content (AvgIpc) is 3.15.